The van der Waals surface area contributed by atoms with Gasteiger partial charge in [-0.3, -0.25) is 14.6 Å². The third kappa shape index (κ3) is 13.8. The summed E-state index contributed by atoms with van der Waals surface area (Å²) in [6, 6.07) is 0. The van der Waals surface area contributed by atoms with Crippen molar-refractivity contribution < 1.29 is 19.8 Å². The van der Waals surface area contributed by atoms with Crippen LogP contribution in [0.4, 0.5) is 0 Å². The van der Waals surface area contributed by atoms with Gasteiger partial charge >= 0.3 is 11.9 Å². The van der Waals surface area contributed by atoms with Crippen molar-refractivity contribution >= 4 is 18.3 Å². The predicted molar refractivity (Wildman–Crippen MR) is 91.8 cm³/mol. The summed E-state index contributed by atoms with van der Waals surface area (Å²) in [5.74, 6) is -0.580. The number of nitrogens with one attached hydrogen (secondary N) is 1. The van der Waals surface area contributed by atoms with Gasteiger partial charge in [0.2, 0.25) is 0 Å². The molecule has 134 valence electrons. The average Bonchev–Trinajstić information content (AvgIpc) is 2.34. The van der Waals surface area contributed by atoms with Gasteiger partial charge in [-0.25, -0.2) is 0 Å². The summed E-state index contributed by atoms with van der Waals surface area (Å²) in [6.07, 6.45) is 3.55. The fourth-order valence-electron chi connectivity index (χ4n) is 2.77. The molecular weight excluding hydrogens is 296 g/mol. The molecule has 0 saturated heterocycles. The van der Waals surface area contributed by atoms with Crippen molar-refractivity contribution in [2.24, 2.45) is 28.7 Å². The van der Waals surface area contributed by atoms with E-state index in [2.05, 4.69) is 38.0 Å². The van der Waals surface area contributed by atoms with Crippen LogP contribution in [-0.2, 0) is 9.59 Å². The molecule has 23 heavy (non-hydrogen) atoms. The zero-order valence-corrected chi connectivity index (χ0v) is 14.8. The van der Waals surface area contributed by atoms with Crippen LogP contribution in [0.5, 0.6) is 0 Å². The molecule has 0 rings (SSSR count). The molecule has 0 fully saturated rings. The summed E-state index contributed by atoms with van der Waals surface area (Å²) in [5.41, 5.74) is 0. The molecule has 0 amide bonds. The highest BCUT2D eigenvalue weighted by molar-refractivity contribution is 5.67. The molecule has 0 spiro atoms. The van der Waals surface area contributed by atoms with Crippen LogP contribution in [0.15, 0.2) is 4.99 Å². The lowest BCUT2D eigenvalue weighted by Gasteiger charge is -2.17. The molecule has 0 heterocycles. The maximum absolute atomic E-state index is 10.9. The maximum atomic E-state index is 10.9. The predicted octanol–water partition coefficient (Wildman–Crippen LogP) is 2.88. The monoisotopic (exact) mass is 328 g/mol. The van der Waals surface area contributed by atoms with Gasteiger partial charge in [-0.1, -0.05) is 27.7 Å². The minimum absolute atomic E-state index is 0.0380. The summed E-state index contributed by atoms with van der Waals surface area (Å²) in [5, 5.41) is 20.9. The van der Waals surface area contributed by atoms with E-state index in [0.29, 0.717) is 24.9 Å². The Morgan fingerprint density at radius 2 is 1.43 bits per heavy atom. The second kappa shape index (κ2) is 11.9. The first-order valence-electron chi connectivity index (χ1n) is 8.35. The van der Waals surface area contributed by atoms with Crippen molar-refractivity contribution in [3.05, 3.63) is 0 Å². The number of carboxylic acid groups (broad SMARTS) is 2. The van der Waals surface area contributed by atoms with Gasteiger partial charge in [-0.05, 0) is 36.5 Å². The molecule has 0 saturated carbocycles. The molecule has 0 aliphatic heterocycles. The van der Waals surface area contributed by atoms with Crippen molar-refractivity contribution in [3.63, 3.8) is 0 Å². The summed E-state index contributed by atoms with van der Waals surface area (Å²) in [6.45, 7) is 9.34. The van der Waals surface area contributed by atoms with Crippen LogP contribution in [0.3, 0.4) is 0 Å². The fourth-order valence-corrected chi connectivity index (χ4v) is 2.77. The first kappa shape index (κ1) is 21.4. The van der Waals surface area contributed by atoms with Crippen molar-refractivity contribution in [1.29, 1.82) is 0 Å². The average molecular weight is 328 g/mol. The number of carbonyl (C=O) groups is 2. The maximum Gasteiger partial charge on any atom is 0.303 e. The van der Waals surface area contributed by atoms with Crippen molar-refractivity contribution in [1.82, 2.24) is 5.32 Å². The molecule has 3 N–H and O–H groups in total. The molecule has 2 atom stereocenters. The zero-order chi connectivity index (χ0) is 17.8. The van der Waals surface area contributed by atoms with Crippen molar-refractivity contribution in [2.75, 3.05) is 13.1 Å². The van der Waals surface area contributed by atoms with E-state index < -0.39 is 11.9 Å². The van der Waals surface area contributed by atoms with E-state index in [4.69, 9.17) is 10.2 Å². The minimum atomic E-state index is -0.794. The summed E-state index contributed by atoms with van der Waals surface area (Å²) in [4.78, 5) is 26.0. The Morgan fingerprint density at radius 3 is 1.91 bits per heavy atom. The van der Waals surface area contributed by atoms with E-state index >= 15 is 0 Å². The zero-order valence-electron chi connectivity index (χ0n) is 14.8. The third-order valence-corrected chi connectivity index (χ3v) is 3.49. The number of nitrogens with zero attached hydrogens (tertiary/aromatic N) is 1. The lowest BCUT2D eigenvalue weighted by molar-refractivity contribution is -0.139. The number of aliphatic imine (C=N–C) groups is 1. The fraction of sp³-hybridized carbons (Fsp3) is 0.824. The van der Waals surface area contributed by atoms with Crippen LogP contribution in [0, 0.1) is 23.7 Å². The van der Waals surface area contributed by atoms with Gasteiger partial charge in [0, 0.05) is 25.9 Å². The van der Waals surface area contributed by atoms with E-state index in [1.54, 1.807) is 6.34 Å². The van der Waals surface area contributed by atoms with Crippen molar-refractivity contribution in [2.45, 2.75) is 53.4 Å². The first-order chi connectivity index (χ1) is 10.7. The van der Waals surface area contributed by atoms with E-state index in [1.165, 1.54) is 0 Å². The Morgan fingerprint density at radius 1 is 0.957 bits per heavy atom. The van der Waals surface area contributed by atoms with E-state index in [-0.39, 0.29) is 24.7 Å². The highest BCUT2D eigenvalue weighted by Crippen LogP contribution is 2.16. The van der Waals surface area contributed by atoms with E-state index in [1.807, 2.05) is 0 Å². The molecule has 2 unspecified atom stereocenters. The molecule has 0 aliphatic rings. The van der Waals surface area contributed by atoms with Gasteiger partial charge in [0.05, 0.1) is 6.34 Å². The second-order valence-electron chi connectivity index (χ2n) is 7.09. The number of rotatable bonds is 13. The smallest absolute Gasteiger partial charge is 0.303 e. The minimum Gasteiger partial charge on any atom is -0.481 e. The molecular formula is C17H32N2O4. The highest BCUT2D eigenvalue weighted by Gasteiger charge is 2.15. The standard InChI is InChI=1S/C17H32N2O4/c1-12(2)5-14(7-16(20)21)9-18-11-19-10-15(6-13(3)4)8-17(22)23/h11-15H,5-10H2,1-4H3,(H,18,19)(H,20,21)(H,22,23). The second-order valence-corrected chi connectivity index (χ2v) is 7.09. The molecule has 6 nitrogen and oxygen atoms in total. The normalized spacial score (nSPS) is 14.3. The quantitative estimate of drug-likeness (QED) is 0.357. The van der Waals surface area contributed by atoms with Crippen LogP contribution in [-0.4, -0.2) is 41.6 Å². The number of aliphatic carboxylic acids is 2. The van der Waals surface area contributed by atoms with Gasteiger partial charge in [-0.15, -0.1) is 0 Å². The molecule has 0 aromatic heterocycles. The number of hydrogen-bond acceptors (Lipinski definition) is 3. The van der Waals surface area contributed by atoms with Crippen LogP contribution in [0.25, 0.3) is 0 Å². The molecule has 0 aromatic carbocycles. The topological polar surface area (TPSA) is 99.0 Å². The Hall–Kier alpha value is -1.59. The van der Waals surface area contributed by atoms with Crippen LogP contribution >= 0.6 is 0 Å². The molecule has 0 radical (unpaired) electrons. The van der Waals surface area contributed by atoms with Gasteiger partial charge in [0.25, 0.3) is 0 Å². The number of hydrogen-bond donors (Lipinski definition) is 3. The van der Waals surface area contributed by atoms with Gasteiger partial charge in [0.15, 0.2) is 0 Å². The van der Waals surface area contributed by atoms with E-state index in [9.17, 15) is 9.59 Å². The first-order valence-corrected chi connectivity index (χ1v) is 8.35. The van der Waals surface area contributed by atoms with Crippen LogP contribution in [0.2, 0.25) is 0 Å². The summed E-state index contributed by atoms with van der Waals surface area (Å²) in [7, 11) is 0. The largest absolute Gasteiger partial charge is 0.481 e. The molecule has 0 aromatic rings. The third-order valence-electron chi connectivity index (χ3n) is 3.49. The highest BCUT2D eigenvalue weighted by atomic mass is 16.4. The Labute approximate surface area is 139 Å². The van der Waals surface area contributed by atoms with E-state index in [0.717, 1.165) is 12.8 Å². The van der Waals surface area contributed by atoms with Crippen LogP contribution < -0.4 is 5.32 Å². The SMILES string of the molecule is CC(C)CC(CN=CNCC(CC(=O)O)CC(C)C)CC(=O)O. The molecule has 6 heteroatoms. The van der Waals surface area contributed by atoms with Crippen molar-refractivity contribution in [3.8, 4) is 0 Å². The molecule has 0 bridgehead atoms. The van der Waals surface area contributed by atoms with Gasteiger partial charge in [0.1, 0.15) is 0 Å². The Kier molecular flexibility index (Phi) is 11.1. The van der Waals surface area contributed by atoms with Gasteiger partial charge in [-0.2, -0.15) is 0 Å². The van der Waals surface area contributed by atoms with Crippen LogP contribution in [0.1, 0.15) is 53.4 Å². The molecule has 0 aliphatic carbocycles. The lowest BCUT2D eigenvalue weighted by atomic mass is 9.94. The lowest BCUT2D eigenvalue weighted by Crippen LogP contribution is -2.25. The Bertz CT molecular complexity index is 381. The summed E-state index contributed by atoms with van der Waals surface area (Å²) < 4.78 is 0. The summed E-state index contributed by atoms with van der Waals surface area (Å²) >= 11 is 0. The van der Waals surface area contributed by atoms with Gasteiger partial charge < -0.3 is 15.5 Å². The number of carboxylic acids is 2. The Balaban J connectivity index is 4.25.